The van der Waals surface area contributed by atoms with Gasteiger partial charge in [0.2, 0.25) is 0 Å². The van der Waals surface area contributed by atoms with Crippen LogP contribution >= 0.6 is 28.3 Å². The minimum atomic E-state index is -0.0704. The van der Waals surface area contributed by atoms with Crippen LogP contribution in [0.5, 0.6) is 0 Å². The summed E-state index contributed by atoms with van der Waals surface area (Å²) in [6.07, 6.45) is 3.70. The first-order valence-corrected chi connectivity index (χ1v) is 9.11. The topological polar surface area (TPSA) is 50.2 Å². The Morgan fingerprint density at radius 2 is 2.12 bits per heavy atom. The van der Waals surface area contributed by atoms with Gasteiger partial charge in [-0.05, 0) is 22.9 Å². The van der Waals surface area contributed by atoms with Gasteiger partial charge in [-0.2, -0.15) is 0 Å². The molecule has 0 bridgehead atoms. The Morgan fingerprint density at radius 1 is 1.31 bits per heavy atom. The number of hydrogen-bond acceptors (Lipinski definition) is 3. The Bertz CT molecular complexity index is 942. The predicted octanol–water partition coefficient (Wildman–Crippen LogP) is 3.54. The Labute approximate surface area is 166 Å². The lowest BCUT2D eigenvalue weighted by atomic mass is 10.0. The number of nitrogens with zero attached hydrogens (tertiary/aromatic N) is 3. The monoisotopic (exact) mass is 434 g/mol. The molecular formula is C19H20BrClN4O. The molecule has 1 atom stereocenters. The molecule has 0 aliphatic carbocycles. The first kappa shape index (κ1) is 18.9. The molecule has 26 heavy (non-hydrogen) atoms. The van der Waals surface area contributed by atoms with Gasteiger partial charge >= 0.3 is 0 Å². The van der Waals surface area contributed by atoms with Gasteiger partial charge in [0.15, 0.2) is 0 Å². The first-order chi connectivity index (χ1) is 12.1. The number of aryl methyl sites for hydroxylation is 1. The van der Waals surface area contributed by atoms with Crippen molar-refractivity contribution >= 4 is 45.0 Å². The zero-order valence-corrected chi connectivity index (χ0v) is 16.8. The summed E-state index contributed by atoms with van der Waals surface area (Å²) in [6.45, 7) is 2.17. The number of imidazole rings is 1. The molecule has 7 heteroatoms. The van der Waals surface area contributed by atoms with E-state index in [0.29, 0.717) is 13.1 Å². The van der Waals surface area contributed by atoms with E-state index >= 15 is 0 Å². The number of fused-ring (bicyclic) bond motifs is 1. The number of halogens is 2. The molecule has 2 heterocycles. The number of hydrogen-bond donors (Lipinski definition) is 1. The average molecular weight is 436 g/mol. The van der Waals surface area contributed by atoms with E-state index in [1.165, 1.54) is 0 Å². The molecule has 0 saturated carbocycles. The van der Waals surface area contributed by atoms with Crippen molar-refractivity contribution in [3.05, 3.63) is 64.7 Å². The number of carbonyl (C=O) groups excluding carboxylic acids is 1. The Balaban J connectivity index is 0.00000196. The lowest BCUT2D eigenvalue weighted by Crippen LogP contribution is -2.49. The molecule has 1 aromatic heterocycles. The Kier molecular flexibility index (Phi) is 5.65. The molecule has 1 saturated heterocycles. The lowest BCUT2D eigenvalue weighted by Gasteiger charge is -2.36. The molecule has 1 aliphatic heterocycles. The standard InChI is InChI=1S/C19H19BrN4O.ClH/c1-23-8-7-22-18(23)17-12-21-6-9-24(17)19(25)16-11-14(20)10-13-4-2-3-5-15(13)16;/h2-5,7-8,10-11,17,21H,6,9,12H2,1H3;1H. The maximum Gasteiger partial charge on any atom is 0.255 e. The van der Waals surface area contributed by atoms with Crippen molar-refractivity contribution in [2.24, 2.45) is 7.05 Å². The second kappa shape index (κ2) is 7.78. The first-order valence-electron chi connectivity index (χ1n) is 8.32. The van der Waals surface area contributed by atoms with Crippen LogP contribution in [0.15, 0.2) is 53.3 Å². The summed E-state index contributed by atoms with van der Waals surface area (Å²) in [6, 6.07) is 11.9. The maximum atomic E-state index is 13.4. The number of carbonyl (C=O) groups is 1. The SMILES string of the molecule is Cl.Cn1ccnc1C1CNCCN1C(=O)c1cc(Br)cc2ccccc12. The molecule has 4 rings (SSSR count). The van der Waals surface area contributed by atoms with Crippen molar-refractivity contribution in [2.45, 2.75) is 6.04 Å². The fourth-order valence-corrected chi connectivity index (χ4v) is 3.96. The molecule has 2 aromatic carbocycles. The Morgan fingerprint density at radius 3 is 2.88 bits per heavy atom. The smallest absolute Gasteiger partial charge is 0.255 e. The van der Waals surface area contributed by atoms with Crippen LogP contribution in [0.2, 0.25) is 0 Å². The van der Waals surface area contributed by atoms with E-state index in [2.05, 4.69) is 26.2 Å². The van der Waals surface area contributed by atoms with Crippen molar-refractivity contribution in [2.75, 3.05) is 19.6 Å². The number of piperazine rings is 1. The third-order valence-corrected chi connectivity index (χ3v) is 5.18. The van der Waals surface area contributed by atoms with E-state index in [4.69, 9.17) is 0 Å². The maximum absolute atomic E-state index is 13.4. The number of benzene rings is 2. The van der Waals surface area contributed by atoms with Crippen LogP contribution in [0.25, 0.3) is 10.8 Å². The largest absolute Gasteiger partial charge is 0.336 e. The molecule has 1 N–H and O–H groups in total. The van der Waals surface area contributed by atoms with E-state index < -0.39 is 0 Å². The van der Waals surface area contributed by atoms with Crippen LogP contribution < -0.4 is 5.32 Å². The summed E-state index contributed by atoms with van der Waals surface area (Å²) in [4.78, 5) is 19.8. The second-order valence-electron chi connectivity index (χ2n) is 6.29. The van der Waals surface area contributed by atoms with Crippen LogP contribution in [0, 0.1) is 0 Å². The number of nitrogens with one attached hydrogen (secondary N) is 1. The molecule has 1 amide bonds. The lowest BCUT2D eigenvalue weighted by molar-refractivity contribution is 0.0623. The van der Waals surface area contributed by atoms with Gasteiger partial charge in [0.05, 0.1) is 0 Å². The van der Waals surface area contributed by atoms with Gasteiger partial charge in [-0.25, -0.2) is 4.98 Å². The fourth-order valence-electron chi connectivity index (χ4n) is 3.48. The highest BCUT2D eigenvalue weighted by Gasteiger charge is 2.31. The van der Waals surface area contributed by atoms with Crippen LogP contribution in [0.4, 0.5) is 0 Å². The van der Waals surface area contributed by atoms with Gasteiger partial charge in [0, 0.05) is 49.1 Å². The minimum Gasteiger partial charge on any atom is -0.336 e. The number of aromatic nitrogens is 2. The summed E-state index contributed by atoms with van der Waals surface area (Å²) in [5, 5.41) is 5.42. The van der Waals surface area contributed by atoms with Gasteiger partial charge in [-0.3, -0.25) is 4.79 Å². The van der Waals surface area contributed by atoms with Gasteiger partial charge in [-0.15, -0.1) is 12.4 Å². The summed E-state index contributed by atoms with van der Waals surface area (Å²) in [5.41, 5.74) is 0.728. The Hall–Kier alpha value is -1.89. The predicted molar refractivity (Wildman–Crippen MR) is 109 cm³/mol. The average Bonchev–Trinajstić information content (AvgIpc) is 3.06. The molecule has 0 radical (unpaired) electrons. The van der Waals surface area contributed by atoms with E-state index in [0.717, 1.165) is 33.2 Å². The minimum absolute atomic E-state index is 0. The van der Waals surface area contributed by atoms with Gasteiger partial charge in [0.1, 0.15) is 11.9 Å². The fraction of sp³-hybridized carbons (Fsp3) is 0.263. The van der Waals surface area contributed by atoms with Crippen molar-refractivity contribution in [1.82, 2.24) is 19.8 Å². The van der Waals surface area contributed by atoms with Crippen LogP contribution in [-0.2, 0) is 7.05 Å². The second-order valence-corrected chi connectivity index (χ2v) is 7.20. The van der Waals surface area contributed by atoms with E-state index in [1.807, 2.05) is 59.1 Å². The van der Waals surface area contributed by atoms with Gasteiger partial charge < -0.3 is 14.8 Å². The third-order valence-electron chi connectivity index (χ3n) is 4.72. The molecule has 0 spiro atoms. The quantitative estimate of drug-likeness (QED) is 0.670. The van der Waals surface area contributed by atoms with E-state index in [1.54, 1.807) is 6.20 Å². The zero-order chi connectivity index (χ0) is 17.4. The summed E-state index contributed by atoms with van der Waals surface area (Å²) in [7, 11) is 1.97. The van der Waals surface area contributed by atoms with Gasteiger partial charge in [-0.1, -0.05) is 40.2 Å². The highest BCUT2D eigenvalue weighted by atomic mass is 79.9. The van der Waals surface area contributed by atoms with Crippen LogP contribution in [-0.4, -0.2) is 40.0 Å². The summed E-state index contributed by atoms with van der Waals surface area (Å²) < 4.78 is 2.90. The van der Waals surface area contributed by atoms with Crippen molar-refractivity contribution < 1.29 is 4.79 Å². The van der Waals surface area contributed by atoms with Crippen molar-refractivity contribution in [1.29, 1.82) is 0 Å². The molecule has 1 unspecified atom stereocenters. The molecular weight excluding hydrogens is 416 g/mol. The van der Waals surface area contributed by atoms with Crippen LogP contribution in [0.3, 0.4) is 0 Å². The zero-order valence-electron chi connectivity index (χ0n) is 14.4. The highest BCUT2D eigenvalue weighted by molar-refractivity contribution is 9.10. The van der Waals surface area contributed by atoms with Crippen LogP contribution in [0.1, 0.15) is 22.2 Å². The summed E-state index contributed by atoms with van der Waals surface area (Å²) in [5.74, 6) is 0.951. The van der Waals surface area contributed by atoms with E-state index in [9.17, 15) is 4.79 Å². The summed E-state index contributed by atoms with van der Waals surface area (Å²) >= 11 is 3.54. The van der Waals surface area contributed by atoms with Gasteiger partial charge in [0.25, 0.3) is 5.91 Å². The molecule has 1 aliphatic rings. The molecule has 136 valence electrons. The molecule has 3 aromatic rings. The highest BCUT2D eigenvalue weighted by Crippen LogP contribution is 2.29. The van der Waals surface area contributed by atoms with Crippen molar-refractivity contribution in [3.63, 3.8) is 0 Å². The normalized spacial score (nSPS) is 17.2. The number of amides is 1. The van der Waals surface area contributed by atoms with E-state index in [-0.39, 0.29) is 24.4 Å². The molecule has 5 nitrogen and oxygen atoms in total. The van der Waals surface area contributed by atoms with Crippen molar-refractivity contribution in [3.8, 4) is 0 Å². The molecule has 1 fully saturated rings. The third kappa shape index (κ3) is 3.37. The number of rotatable bonds is 2.